The van der Waals surface area contributed by atoms with E-state index in [1.807, 2.05) is 24.3 Å². The van der Waals surface area contributed by atoms with Crippen LogP contribution in [-0.2, 0) is 9.53 Å². The smallest absolute Gasteiger partial charge is 0.250 e. The van der Waals surface area contributed by atoms with Gasteiger partial charge in [0.15, 0.2) is 0 Å². The summed E-state index contributed by atoms with van der Waals surface area (Å²) in [4.78, 5) is 11.5. The lowest BCUT2D eigenvalue weighted by atomic mass is 9.75. The SMILES string of the molecule is COCC(=O)Nc1cccc(NC2CCCC(C)(C)C2)c1. The van der Waals surface area contributed by atoms with Crippen LogP contribution in [0.15, 0.2) is 24.3 Å². The molecule has 4 nitrogen and oxygen atoms in total. The molecule has 0 aliphatic heterocycles. The molecular formula is C17H26N2O2. The molecule has 1 aliphatic rings. The van der Waals surface area contributed by atoms with Gasteiger partial charge in [-0.1, -0.05) is 26.3 Å². The minimum atomic E-state index is -0.131. The third-order valence-electron chi connectivity index (χ3n) is 4.00. The summed E-state index contributed by atoms with van der Waals surface area (Å²) in [5.41, 5.74) is 2.28. The fraction of sp³-hybridized carbons (Fsp3) is 0.588. The molecule has 0 saturated heterocycles. The molecule has 1 saturated carbocycles. The van der Waals surface area contributed by atoms with E-state index in [4.69, 9.17) is 4.74 Å². The summed E-state index contributed by atoms with van der Waals surface area (Å²) in [5.74, 6) is -0.131. The third-order valence-corrected chi connectivity index (χ3v) is 4.00. The maximum Gasteiger partial charge on any atom is 0.250 e. The number of methoxy groups -OCH3 is 1. The number of ether oxygens (including phenoxy) is 1. The third kappa shape index (κ3) is 5.05. The van der Waals surface area contributed by atoms with Crippen molar-refractivity contribution in [2.24, 2.45) is 5.41 Å². The molecule has 1 aromatic carbocycles. The predicted octanol–water partition coefficient (Wildman–Crippen LogP) is 3.65. The van der Waals surface area contributed by atoms with E-state index < -0.39 is 0 Å². The molecular weight excluding hydrogens is 264 g/mol. The highest BCUT2D eigenvalue weighted by Crippen LogP contribution is 2.36. The number of hydrogen-bond acceptors (Lipinski definition) is 3. The Morgan fingerprint density at radius 1 is 1.38 bits per heavy atom. The maximum atomic E-state index is 11.5. The quantitative estimate of drug-likeness (QED) is 0.870. The molecule has 0 aromatic heterocycles. The zero-order valence-electron chi connectivity index (χ0n) is 13.2. The van der Waals surface area contributed by atoms with Gasteiger partial charge >= 0.3 is 0 Å². The number of carbonyl (C=O) groups excluding carboxylic acids is 1. The zero-order chi connectivity index (χ0) is 15.3. The van der Waals surface area contributed by atoms with E-state index in [9.17, 15) is 4.79 Å². The molecule has 116 valence electrons. The average Bonchev–Trinajstić information content (AvgIpc) is 2.38. The molecule has 0 heterocycles. The van der Waals surface area contributed by atoms with Gasteiger partial charge in [0.1, 0.15) is 6.61 Å². The Morgan fingerprint density at radius 2 is 2.14 bits per heavy atom. The first kappa shape index (κ1) is 15.8. The van der Waals surface area contributed by atoms with Crippen LogP contribution in [-0.4, -0.2) is 25.7 Å². The monoisotopic (exact) mass is 290 g/mol. The minimum absolute atomic E-state index is 0.0778. The average molecular weight is 290 g/mol. The van der Waals surface area contributed by atoms with Crippen LogP contribution in [0.4, 0.5) is 11.4 Å². The topological polar surface area (TPSA) is 50.4 Å². The standard InChI is InChI=1S/C17H26N2O2/c1-17(2)9-5-8-15(11-17)18-13-6-4-7-14(10-13)19-16(20)12-21-3/h4,6-7,10,15,18H,5,8-9,11-12H2,1-3H3,(H,19,20). The van der Waals surface area contributed by atoms with Crippen LogP contribution in [0, 0.1) is 5.41 Å². The van der Waals surface area contributed by atoms with Gasteiger partial charge in [0.05, 0.1) is 0 Å². The lowest BCUT2D eigenvalue weighted by Gasteiger charge is -2.36. The Morgan fingerprint density at radius 3 is 2.86 bits per heavy atom. The van der Waals surface area contributed by atoms with E-state index in [2.05, 4.69) is 24.5 Å². The van der Waals surface area contributed by atoms with Crippen LogP contribution < -0.4 is 10.6 Å². The maximum absolute atomic E-state index is 11.5. The Kier molecular flexibility index (Phi) is 5.23. The number of amides is 1. The number of carbonyl (C=O) groups is 1. The van der Waals surface area contributed by atoms with Crippen molar-refractivity contribution in [3.8, 4) is 0 Å². The predicted molar refractivity (Wildman–Crippen MR) is 86.6 cm³/mol. The second kappa shape index (κ2) is 6.94. The molecule has 2 rings (SSSR count). The number of nitrogens with one attached hydrogen (secondary N) is 2. The van der Waals surface area contributed by atoms with Crippen molar-refractivity contribution in [1.29, 1.82) is 0 Å². The molecule has 0 spiro atoms. The second-order valence-electron chi connectivity index (χ2n) is 6.66. The lowest BCUT2D eigenvalue weighted by molar-refractivity contribution is -0.119. The molecule has 1 amide bonds. The largest absolute Gasteiger partial charge is 0.382 e. The molecule has 0 bridgehead atoms. The van der Waals surface area contributed by atoms with Crippen molar-refractivity contribution in [2.75, 3.05) is 24.4 Å². The van der Waals surface area contributed by atoms with Gasteiger partial charge in [0.25, 0.3) is 0 Å². The fourth-order valence-electron chi connectivity index (χ4n) is 3.07. The molecule has 1 unspecified atom stereocenters. The van der Waals surface area contributed by atoms with Gasteiger partial charge < -0.3 is 15.4 Å². The summed E-state index contributed by atoms with van der Waals surface area (Å²) >= 11 is 0. The second-order valence-corrected chi connectivity index (χ2v) is 6.66. The molecule has 1 fully saturated rings. The molecule has 21 heavy (non-hydrogen) atoms. The highest BCUT2D eigenvalue weighted by molar-refractivity contribution is 5.92. The zero-order valence-corrected chi connectivity index (χ0v) is 13.2. The number of rotatable bonds is 5. The van der Waals surface area contributed by atoms with E-state index in [1.54, 1.807) is 0 Å². The van der Waals surface area contributed by atoms with Gasteiger partial charge in [0, 0.05) is 24.5 Å². The van der Waals surface area contributed by atoms with Crippen LogP contribution in [0.1, 0.15) is 39.5 Å². The van der Waals surface area contributed by atoms with Crippen LogP contribution in [0.5, 0.6) is 0 Å². The highest BCUT2D eigenvalue weighted by Gasteiger charge is 2.27. The van der Waals surface area contributed by atoms with Crippen LogP contribution >= 0.6 is 0 Å². The molecule has 1 aromatic rings. The first-order valence-corrected chi connectivity index (χ1v) is 7.64. The Balaban J connectivity index is 1.96. The van der Waals surface area contributed by atoms with E-state index in [0.717, 1.165) is 11.4 Å². The fourth-order valence-corrected chi connectivity index (χ4v) is 3.07. The van der Waals surface area contributed by atoms with Crippen molar-refractivity contribution in [3.05, 3.63) is 24.3 Å². The molecule has 2 N–H and O–H groups in total. The van der Waals surface area contributed by atoms with Gasteiger partial charge in [0.2, 0.25) is 5.91 Å². The normalized spacial score (nSPS) is 20.8. The van der Waals surface area contributed by atoms with Crippen molar-refractivity contribution in [1.82, 2.24) is 0 Å². The number of anilines is 2. The van der Waals surface area contributed by atoms with Crippen molar-refractivity contribution in [3.63, 3.8) is 0 Å². The summed E-state index contributed by atoms with van der Waals surface area (Å²) in [5, 5.41) is 6.43. The van der Waals surface area contributed by atoms with Crippen LogP contribution in [0.25, 0.3) is 0 Å². The lowest BCUT2D eigenvalue weighted by Crippen LogP contribution is -2.31. The first-order chi connectivity index (χ1) is 9.98. The van der Waals surface area contributed by atoms with Crippen LogP contribution in [0.3, 0.4) is 0 Å². The Bertz CT molecular complexity index is 485. The summed E-state index contributed by atoms with van der Waals surface area (Å²) in [7, 11) is 1.52. The van der Waals surface area contributed by atoms with Crippen molar-refractivity contribution < 1.29 is 9.53 Å². The van der Waals surface area contributed by atoms with E-state index in [0.29, 0.717) is 11.5 Å². The number of hydrogen-bond donors (Lipinski definition) is 2. The van der Waals surface area contributed by atoms with E-state index in [1.165, 1.54) is 32.8 Å². The molecule has 1 aliphatic carbocycles. The minimum Gasteiger partial charge on any atom is -0.382 e. The van der Waals surface area contributed by atoms with Crippen LogP contribution in [0.2, 0.25) is 0 Å². The van der Waals surface area contributed by atoms with Gasteiger partial charge in [-0.3, -0.25) is 4.79 Å². The van der Waals surface area contributed by atoms with Crippen molar-refractivity contribution in [2.45, 2.75) is 45.6 Å². The Labute approximate surface area is 127 Å². The molecule has 4 heteroatoms. The first-order valence-electron chi connectivity index (χ1n) is 7.64. The summed E-state index contributed by atoms with van der Waals surface area (Å²) < 4.78 is 4.82. The highest BCUT2D eigenvalue weighted by atomic mass is 16.5. The molecule has 1 atom stereocenters. The Hall–Kier alpha value is -1.55. The summed E-state index contributed by atoms with van der Waals surface area (Å²) in [6.45, 7) is 4.75. The van der Waals surface area contributed by atoms with Crippen molar-refractivity contribution >= 4 is 17.3 Å². The van der Waals surface area contributed by atoms with E-state index in [-0.39, 0.29) is 12.5 Å². The number of benzene rings is 1. The van der Waals surface area contributed by atoms with Gasteiger partial charge in [-0.25, -0.2) is 0 Å². The summed E-state index contributed by atoms with van der Waals surface area (Å²) in [6, 6.07) is 8.39. The van der Waals surface area contributed by atoms with Gasteiger partial charge in [-0.2, -0.15) is 0 Å². The summed E-state index contributed by atoms with van der Waals surface area (Å²) in [6.07, 6.45) is 4.98. The van der Waals surface area contributed by atoms with E-state index >= 15 is 0 Å². The van der Waals surface area contributed by atoms with Gasteiger partial charge in [-0.15, -0.1) is 0 Å². The molecule has 0 radical (unpaired) electrons. The van der Waals surface area contributed by atoms with Gasteiger partial charge in [-0.05, 0) is 42.9 Å².